The van der Waals surface area contributed by atoms with Crippen LogP contribution in [0.25, 0.3) is 0 Å². The molecule has 8 aromatic rings. The molecule has 0 saturated carbocycles. The molecule has 0 spiro atoms. The summed E-state index contributed by atoms with van der Waals surface area (Å²) < 4.78 is 5.15. The molecule has 80 heavy (non-hydrogen) atoms. The van der Waals surface area contributed by atoms with Crippen molar-refractivity contribution in [3.05, 3.63) is 211 Å². The van der Waals surface area contributed by atoms with Crippen LogP contribution in [-0.4, -0.2) is 61.9 Å². The van der Waals surface area contributed by atoms with E-state index < -0.39 is 16.1 Å². The van der Waals surface area contributed by atoms with Crippen molar-refractivity contribution in [1.29, 1.82) is 0 Å². The van der Waals surface area contributed by atoms with Crippen LogP contribution >= 0.6 is 91.8 Å². The number of nitrogens with zero attached hydrogens (tertiary/aromatic N) is 4. The highest BCUT2D eigenvalue weighted by Gasteiger charge is 2.40. The normalized spacial score (nSPS) is 16.0. The van der Waals surface area contributed by atoms with Gasteiger partial charge in [-0.3, -0.25) is 19.6 Å². The van der Waals surface area contributed by atoms with E-state index in [-0.39, 0.29) is 0 Å². The first-order valence-electron chi connectivity index (χ1n) is 29.2. The second-order valence-corrected chi connectivity index (χ2v) is 39.4. The molecule has 0 bridgehead atoms. The average Bonchev–Trinajstić information content (AvgIpc) is 4.36. The first-order chi connectivity index (χ1) is 38.9. The summed E-state index contributed by atoms with van der Waals surface area (Å²) in [6, 6.07) is 49.7. The van der Waals surface area contributed by atoms with Gasteiger partial charge in [0.15, 0.2) is 0 Å². The molecule has 4 aromatic carbocycles. The zero-order valence-electron chi connectivity index (χ0n) is 47.4. The van der Waals surface area contributed by atoms with E-state index in [2.05, 4.69) is 166 Å². The van der Waals surface area contributed by atoms with Crippen LogP contribution in [0.15, 0.2) is 127 Å². The fourth-order valence-electron chi connectivity index (χ4n) is 12.6. The van der Waals surface area contributed by atoms with Gasteiger partial charge >= 0.3 is 0 Å². The van der Waals surface area contributed by atoms with E-state index in [0.717, 1.165) is 111 Å². The van der Waals surface area contributed by atoms with Crippen LogP contribution < -0.4 is 13.5 Å². The van der Waals surface area contributed by atoms with Gasteiger partial charge in [0.05, 0.1) is 8.07 Å². The molecule has 4 aliphatic heterocycles. The number of benzene rings is 4. The maximum atomic E-state index is 6.49. The van der Waals surface area contributed by atoms with Crippen molar-refractivity contribution in [1.82, 2.24) is 19.6 Å². The highest BCUT2D eigenvalue weighted by molar-refractivity contribution is 7.37. The zero-order chi connectivity index (χ0) is 55.8. The lowest BCUT2D eigenvalue weighted by molar-refractivity contribution is 0.247. The summed E-state index contributed by atoms with van der Waals surface area (Å²) >= 11 is 33.8. The summed E-state index contributed by atoms with van der Waals surface area (Å²) in [7, 11) is -3.01. The van der Waals surface area contributed by atoms with Crippen molar-refractivity contribution >= 4 is 121 Å². The van der Waals surface area contributed by atoms with E-state index in [0.29, 0.717) is 0 Å². The van der Waals surface area contributed by atoms with Crippen molar-refractivity contribution in [2.24, 2.45) is 0 Å². The topological polar surface area (TPSA) is 13.0 Å². The predicted molar refractivity (Wildman–Crippen MR) is 357 cm³/mol. The van der Waals surface area contributed by atoms with Gasteiger partial charge in [-0.05, 0) is 138 Å². The maximum Gasteiger partial charge on any atom is 0.142 e. The molecular formula is C66H78Cl4N4S4Si2. The second-order valence-electron chi connectivity index (χ2n) is 22.4. The van der Waals surface area contributed by atoms with Gasteiger partial charge in [0.25, 0.3) is 0 Å². The summed E-state index contributed by atoms with van der Waals surface area (Å²) in [6.07, 6.45) is 4.68. The lowest BCUT2D eigenvalue weighted by Gasteiger charge is -2.27. The Labute approximate surface area is 516 Å². The van der Waals surface area contributed by atoms with E-state index in [4.69, 9.17) is 46.4 Å². The lowest BCUT2D eigenvalue weighted by Crippen LogP contribution is -2.54. The quantitative estimate of drug-likeness (QED) is 0.0894. The third-order valence-electron chi connectivity index (χ3n) is 17.8. The van der Waals surface area contributed by atoms with Gasteiger partial charge < -0.3 is 0 Å². The first kappa shape index (κ1) is 60.2. The third-order valence-corrected chi connectivity index (χ3v) is 37.9. The van der Waals surface area contributed by atoms with E-state index in [1.165, 1.54) is 70.9 Å². The number of hydrogen-bond donors (Lipinski definition) is 0. The van der Waals surface area contributed by atoms with Crippen LogP contribution in [-0.2, 0) is 78.0 Å². The Kier molecular flexibility index (Phi) is 21.0. The van der Waals surface area contributed by atoms with Gasteiger partial charge in [-0.25, -0.2) is 0 Å². The fourth-order valence-corrected chi connectivity index (χ4v) is 30.5. The number of halogens is 4. The molecule has 0 N–H and O–H groups in total. The zero-order valence-corrected chi connectivity index (χ0v) is 55.7. The molecule has 4 nitrogen and oxygen atoms in total. The summed E-state index contributed by atoms with van der Waals surface area (Å²) in [4.78, 5) is 16.6. The van der Waals surface area contributed by atoms with Crippen molar-refractivity contribution in [3.8, 4) is 0 Å². The summed E-state index contributed by atoms with van der Waals surface area (Å²) in [5, 5.41) is 5.73. The summed E-state index contributed by atoms with van der Waals surface area (Å²) in [5.74, 6) is 0. The van der Waals surface area contributed by atoms with Crippen LogP contribution in [0.1, 0.15) is 98.6 Å². The second kappa shape index (κ2) is 27.9. The van der Waals surface area contributed by atoms with Gasteiger partial charge in [0.1, 0.15) is 8.07 Å². The van der Waals surface area contributed by atoms with E-state index in [9.17, 15) is 0 Å². The van der Waals surface area contributed by atoms with Crippen molar-refractivity contribution in [3.63, 3.8) is 0 Å². The molecular weight excluding hydrogens is 1180 g/mol. The smallest absolute Gasteiger partial charge is 0.142 e. The molecule has 14 heteroatoms. The Morgan fingerprint density at radius 3 is 1.02 bits per heavy atom. The standard InChI is InChI=1S/C32H36Cl2N2S2Si.C20H28ClNSSi.C14H14ClNS/c1-3-39(4-2,31-17-25-21-35(15-13-29(25)37-31)19-23-9-5-7-11-27(23)33)32-18-26-22-36(16-14-30(26)38-32)20-24-10-6-8-12-28(24)34;1-4-24(5-2,6-3)20-13-17-15-22(12-11-19(17)23-20)14-16-9-7-8-10-18(16)21;15-13-4-2-1-3-11(13)9-16-7-5-14-12(10-16)6-8-17-14/h5-12,17-18H,3-4,13-16,19-22H2,1-2H3;7-10,13H,4-6,11-12,14-15H2,1-3H3;1-4,6,8H,5,7,9-10H2. The Morgan fingerprint density at radius 1 is 0.375 bits per heavy atom. The minimum absolute atomic E-state index is 0.878. The highest BCUT2D eigenvalue weighted by Crippen LogP contribution is 2.35. The molecule has 0 atom stereocenters. The Balaban J connectivity index is 0.000000149. The van der Waals surface area contributed by atoms with Crippen LogP contribution in [0.2, 0.25) is 50.3 Å². The van der Waals surface area contributed by atoms with Gasteiger partial charge in [-0.1, -0.05) is 184 Å². The number of hydrogen-bond acceptors (Lipinski definition) is 8. The SMILES string of the molecule is CC[Si](CC)(CC)c1cc2c(s1)CCN(Cc1ccccc1Cl)C2.CC[Si](CC)(c1cc2c(s1)CCN(Cc1ccccc1Cl)C2)c1cc2c(s1)CCN(Cc1ccccc1Cl)C2.Clc1ccccc1CN1CCc2sccc2C1. The molecule has 0 fully saturated rings. The predicted octanol–water partition coefficient (Wildman–Crippen LogP) is 17.5. The highest BCUT2D eigenvalue weighted by atomic mass is 35.5. The minimum Gasteiger partial charge on any atom is -0.294 e. The third kappa shape index (κ3) is 13.9. The van der Waals surface area contributed by atoms with Gasteiger partial charge in [-0.2, -0.15) is 0 Å². The maximum absolute atomic E-state index is 6.49. The summed E-state index contributed by atoms with van der Waals surface area (Å²) in [6.45, 7) is 24.6. The molecule has 0 unspecified atom stereocenters. The van der Waals surface area contributed by atoms with Gasteiger partial charge in [-0.15, -0.1) is 45.3 Å². The Hall–Kier alpha value is -2.89. The van der Waals surface area contributed by atoms with Crippen molar-refractivity contribution in [2.45, 2.75) is 143 Å². The molecule has 0 saturated heterocycles. The lowest BCUT2D eigenvalue weighted by atomic mass is 10.1. The van der Waals surface area contributed by atoms with E-state index >= 15 is 0 Å². The van der Waals surface area contributed by atoms with Crippen LogP contribution in [0.5, 0.6) is 0 Å². The molecule has 12 rings (SSSR count). The molecule has 8 heterocycles. The largest absolute Gasteiger partial charge is 0.294 e. The number of rotatable bonds is 16. The van der Waals surface area contributed by atoms with Crippen LogP contribution in [0.4, 0.5) is 0 Å². The Morgan fingerprint density at radius 2 is 0.688 bits per heavy atom. The van der Waals surface area contributed by atoms with E-state index in [1.807, 2.05) is 59.9 Å². The Bertz CT molecular complexity index is 3210. The van der Waals surface area contributed by atoms with Crippen LogP contribution in [0, 0.1) is 0 Å². The molecule has 422 valence electrons. The van der Waals surface area contributed by atoms with Gasteiger partial charge in [0.2, 0.25) is 0 Å². The molecule has 0 amide bonds. The average molecular weight is 1250 g/mol. The molecule has 4 aromatic heterocycles. The fraction of sp³-hybridized carbons (Fsp3) is 0.394. The van der Waals surface area contributed by atoms with E-state index in [1.54, 1.807) is 49.7 Å². The van der Waals surface area contributed by atoms with Gasteiger partial charge in [0, 0.05) is 118 Å². The number of fused-ring (bicyclic) bond motifs is 4. The monoisotopic (exact) mass is 1250 g/mol. The molecule has 0 aliphatic carbocycles. The molecule has 4 aliphatic rings. The van der Waals surface area contributed by atoms with Crippen LogP contribution in [0.3, 0.4) is 0 Å². The number of thiophene rings is 4. The first-order valence-corrected chi connectivity index (χ1v) is 39.1. The minimum atomic E-state index is -1.78. The van der Waals surface area contributed by atoms with Crippen molar-refractivity contribution in [2.75, 3.05) is 26.2 Å². The van der Waals surface area contributed by atoms with Crippen molar-refractivity contribution < 1.29 is 0 Å². The summed E-state index contributed by atoms with van der Waals surface area (Å²) in [5.41, 5.74) is 11.1. The molecule has 0 radical (unpaired) electrons.